The number of methoxy groups -OCH3 is 1. The van der Waals surface area contributed by atoms with E-state index in [1.807, 2.05) is 39.0 Å². The van der Waals surface area contributed by atoms with Crippen LogP contribution in [0.1, 0.15) is 41.6 Å². The van der Waals surface area contributed by atoms with E-state index < -0.39 is 6.04 Å². The molecule has 1 heterocycles. The van der Waals surface area contributed by atoms with Gasteiger partial charge in [-0.3, -0.25) is 9.59 Å². The quantitative estimate of drug-likeness (QED) is 0.361. The van der Waals surface area contributed by atoms with Crippen LogP contribution in [0.15, 0.2) is 41.6 Å². The summed E-state index contributed by atoms with van der Waals surface area (Å²) >= 11 is 13.4. The number of anilines is 1. The first-order chi connectivity index (χ1) is 16.6. The van der Waals surface area contributed by atoms with Crippen LogP contribution in [0.25, 0.3) is 0 Å². The Balaban J connectivity index is 1.70. The van der Waals surface area contributed by atoms with Gasteiger partial charge in [0.1, 0.15) is 5.75 Å². The van der Waals surface area contributed by atoms with E-state index in [4.69, 9.17) is 27.9 Å². The summed E-state index contributed by atoms with van der Waals surface area (Å²) in [6, 6.07) is 9.87. The van der Waals surface area contributed by atoms with Crippen molar-refractivity contribution >= 4 is 52.5 Å². The highest BCUT2D eigenvalue weighted by molar-refractivity contribution is 7.99. The summed E-state index contributed by atoms with van der Waals surface area (Å²) in [5.74, 6) is 0.765. The van der Waals surface area contributed by atoms with Gasteiger partial charge in [0.15, 0.2) is 11.0 Å². The molecule has 0 saturated heterocycles. The normalized spacial score (nSPS) is 11.9. The Kier molecular flexibility index (Phi) is 9.04. The number of ether oxygens (including phenoxy) is 1. The highest BCUT2D eigenvalue weighted by Gasteiger charge is 2.26. The second kappa shape index (κ2) is 11.8. The van der Waals surface area contributed by atoms with Crippen molar-refractivity contribution < 1.29 is 14.3 Å². The van der Waals surface area contributed by atoms with E-state index in [1.54, 1.807) is 30.9 Å². The molecule has 3 aromatic rings. The van der Waals surface area contributed by atoms with Crippen molar-refractivity contribution in [3.63, 3.8) is 0 Å². The zero-order valence-electron chi connectivity index (χ0n) is 20.1. The maximum absolute atomic E-state index is 12.9. The molecule has 0 bridgehead atoms. The molecular formula is C24H27Cl2N5O3S. The van der Waals surface area contributed by atoms with Crippen molar-refractivity contribution in [3.8, 4) is 5.75 Å². The molecule has 0 fully saturated rings. The third-order valence-electron chi connectivity index (χ3n) is 5.24. The molecule has 2 amide bonds. The second-order valence-corrected chi connectivity index (χ2v) is 10.0. The Morgan fingerprint density at radius 3 is 2.54 bits per heavy atom. The largest absolute Gasteiger partial charge is 0.495 e. The van der Waals surface area contributed by atoms with E-state index >= 15 is 0 Å². The fraction of sp³-hybridized carbons (Fsp3) is 0.333. The number of aryl methyl sites for hydroxylation is 1. The SMILES string of the molecule is COc1ccc(C)cc1NC(=O)CSc1nnc([C@H](NC(=O)c2ccc(Cl)cc2Cl)C(C)C)n1C. The first-order valence-corrected chi connectivity index (χ1v) is 12.6. The number of benzene rings is 2. The monoisotopic (exact) mass is 535 g/mol. The molecule has 0 saturated carbocycles. The highest BCUT2D eigenvalue weighted by atomic mass is 35.5. The van der Waals surface area contributed by atoms with E-state index in [-0.39, 0.29) is 28.5 Å². The molecule has 186 valence electrons. The van der Waals surface area contributed by atoms with Gasteiger partial charge < -0.3 is 19.9 Å². The van der Waals surface area contributed by atoms with Gasteiger partial charge in [0.25, 0.3) is 5.91 Å². The molecule has 0 aliphatic carbocycles. The fourth-order valence-corrected chi connectivity index (χ4v) is 4.59. The molecule has 2 aromatic carbocycles. The van der Waals surface area contributed by atoms with Gasteiger partial charge >= 0.3 is 0 Å². The summed E-state index contributed by atoms with van der Waals surface area (Å²) in [5, 5.41) is 15.7. The number of amides is 2. The first-order valence-electron chi connectivity index (χ1n) is 10.8. The van der Waals surface area contributed by atoms with Crippen LogP contribution >= 0.6 is 35.0 Å². The van der Waals surface area contributed by atoms with Gasteiger partial charge in [-0.15, -0.1) is 10.2 Å². The first kappa shape index (κ1) is 26.8. The minimum absolute atomic E-state index is 0.0165. The topological polar surface area (TPSA) is 98.1 Å². The number of carbonyl (C=O) groups excluding carboxylic acids is 2. The Bertz CT molecular complexity index is 1230. The molecule has 3 rings (SSSR count). The lowest BCUT2D eigenvalue weighted by molar-refractivity contribution is -0.113. The molecule has 8 nitrogen and oxygen atoms in total. The summed E-state index contributed by atoms with van der Waals surface area (Å²) in [5.41, 5.74) is 1.94. The molecule has 1 atom stereocenters. The summed E-state index contributed by atoms with van der Waals surface area (Å²) in [4.78, 5) is 25.4. The van der Waals surface area contributed by atoms with Crippen LogP contribution in [0.5, 0.6) is 5.75 Å². The number of thioether (sulfide) groups is 1. The van der Waals surface area contributed by atoms with Gasteiger partial charge in [-0.25, -0.2) is 0 Å². The average molecular weight is 536 g/mol. The van der Waals surface area contributed by atoms with Crippen LogP contribution in [0, 0.1) is 12.8 Å². The lowest BCUT2D eigenvalue weighted by Crippen LogP contribution is -2.33. The standard InChI is InChI=1S/C24H27Cl2N5O3S/c1-13(2)21(28-23(33)16-8-7-15(25)11-17(16)26)22-29-30-24(31(22)4)35-12-20(32)27-18-10-14(3)6-9-19(18)34-5/h6-11,13,21H,12H2,1-5H3,(H,27,32)(H,28,33)/t21-/m1/s1. The smallest absolute Gasteiger partial charge is 0.253 e. The third kappa shape index (κ3) is 6.68. The van der Waals surface area contributed by atoms with E-state index in [2.05, 4.69) is 20.8 Å². The number of hydrogen-bond donors (Lipinski definition) is 2. The molecule has 0 aliphatic rings. The van der Waals surface area contributed by atoms with Crippen LogP contribution in [-0.4, -0.2) is 39.4 Å². The highest BCUT2D eigenvalue weighted by Crippen LogP contribution is 2.28. The molecule has 1 aromatic heterocycles. The second-order valence-electron chi connectivity index (χ2n) is 8.26. The van der Waals surface area contributed by atoms with Gasteiger partial charge in [0.05, 0.1) is 35.2 Å². The predicted molar refractivity (Wildman–Crippen MR) is 140 cm³/mol. The summed E-state index contributed by atoms with van der Waals surface area (Å²) in [6.45, 7) is 5.88. The summed E-state index contributed by atoms with van der Waals surface area (Å²) < 4.78 is 7.09. The number of hydrogen-bond acceptors (Lipinski definition) is 6. The van der Waals surface area contributed by atoms with Gasteiger partial charge in [0.2, 0.25) is 5.91 Å². The number of carbonyl (C=O) groups is 2. The molecule has 0 aliphatic heterocycles. The van der Waals surface area contributed by atoms with Gasteiger partial charge in [-0.05, 0) is 48.7 Å². The zero-order valence-corrected chi connectivity index (χ0v) is 22.4. The molecule has 0 radical (unpaired) electrons. The predicted octanol–water partition coefficient (Wildman–Crippen LogP) is 5.30. The molecule has 11 heteroatoms. The van der Waals surface area contributed by atoms with Crippen molar-refractivity contribution in [1.29, 1.82) is 0 Å². The van der Waals surface area contributed by atoms with Gasteiger partial charge in [-0.1, -0.05) is 54.9 Å². The number of nitrogens with zero attached hydrogens (tertiary/aromatic N) is 3. The van der Waals surface area contributed by atoms with Crippen LogP contribution in [0.2, 0.25) is 10.0 Å². The molecular weight excluding hydrogens is 509 g/mol. The Hall–Kier alpha value is -2.75. The van der Waals surface area contributed by atoms with Crippen LogP contribution in [0.4, 0.5) is 5.69 Å². The van der Waals surface area contributed by atoms with Gasteiger partial charge in [-0.2, -0.15) is 0 Å². The van der Waals surface area contributed by atoms with Crippen molar-refractivity contribution in [1.82, 2.24) is 20.1 Å². The lowest BCUT2D eigenvalue weighted by Gasteiger charge is -2.22. The number of aromatic nitrogens is 3. The van der Waals surface area contributed by atoms with Crippen molar-refractivity contribution in [2.24, 2.45) is 13.0 Å². The Labute approximate surface area is 218 Å². The Morgan fingerprint density at radius 1 is 1.14 bits per heavy atom. The van der Waals surface area contributed by atoms with Crippen molar-refractivity contribution in [3.05, 3.63) is 63.4 Å². The zero-order chi connectivity index (χ0) is 25.7. The fourth-order valence-electron chi connectivity index (χ4n) is 3.38. The number of rotatable bonds is 9. The minimum atomic E-state index is -0.425. The van der Waals surface area contributed by atoms with Crippen LogP contribution < -0.4 is 15.4 Å². The molecule has 0 unspecified atom stereocenters. The number of nitrogens with one attached hydrogen (secondary N) is 2. The average Bonchev–Trinajstić information content (AvgIpc) is 3.15. The van der Waals surface area contributed by atoms with Crippen molar-refractivity contribution in [2.45, 2.75) is 32.0 Å². The molecule has 2 N–H and O–H groups in total. The van der Waals surface area contributed by atoms with E-state index in [9.17, 15) is 9.59 Å². The molecule has 35 heavy (non-hydrogen) atoms. The summed E-state index contributed by atoms with van der Waals surface area (Å²) in [7, 11) is 3.36. The van der Waals surface area contributed by atoms with Gasteiger partial charge in [0, 0.05) is 12.1 Å². The van der Waals surface area contributed by atoms with E-state index in [0.717, 1.165) is 5.56 Å². The third-order valence-corrected chi connectivity index (χ3v) is 6.81. The van der Waals surface area contributed by atoms with E-state index in [0.29, 0.717) is 33.0 Å². The lowest BCUT2D eigenvalue weighted by atomic mass is 10.0. The number of halogens is 2. The summed E-state index contributed by atoms with van der Waals surface area (Å²) in [6.07, 6.45) is 0. The maximum atomic E-state index is 12.9. The van der Waals surface area contributed by atoms with Crippen LogP contribution in [-0.2, 0) is 11.8 Å². The Morgan fingerprint density at radius 2 is 1.89 bits per heavy atom. The van der Waals surface area contributed by atoms with Crippen LogP contribution in [0.3, 0.4) is 0 Å². The molecule has 0 spiro atoms. The van der Waals surface area contributed by atoms with E-state index in [1.165, 1.54) is 17.8 Å². The minimum Gasteiger partial charge on any atom is -0.495 e. The maximum Gasteiger partial charge on any atom is 0.253 e. The van der Waals surface area contributed by atoms with Crippen molar-refractivity contribution in [2.75, 3.05) is 18.2 Å².